The van der Waals surface area contributed by atoms with Crippen molar-refractivity contribution < 1.29 is 4.48 Å². The van der Waals surface area contributed by atoms with Gasteiger partial charge in [-0.15, -0.1) is 11.6 Å². The molecule has 0 radical (unpaired) electrons. The molecule has 1 atom stereocenters. The molecule has 17 heavy (non-hydrogen) atoms. The maximum atomic E-state index is 5.84. The number of alkyl halides is 1. The second kappa shape index (κ2) is 11.3. The fourth-order valence-electron chi connectivity index (χ4n) is 2.44. The molecule has 0 aliphatic heterocycles. The van der Waals surface area contributed by atoms with Crippen LogP contribution >= 0.6 is 11.6 Å². The maximum absolute atomic E-state index is 5.84. The van der Waals surface area contributed by atoms with Gasteiger partial charge in [0.1, 0.15) is 0 Å². The monoisotopic (exact) mass is 262 g/mol. The molecule has 0 amide bonds. The number of quaternary nitrogens is 1. The molecule has 0 aliphatic carbocycles. The minimum atomic E-state index is 0.816. The van der Waals surface area contributed by atoms with Gasteiger partial charge in [-0.05, 0) is 25.7 Å². The predicted molar refractivity (Wildman–Crippen MR) is 79.8 cm³/mol. The van der Waals surface area contributed by atoms with Crippen LogP contribution in [0.15, 0.2) is 0 Å². The van der Waals surface area contributed by atoms with Crippen LogP contribution in [0.5, 0.6) is 0 Å². The van der Waals surface area contributed by atoms with Crippen molar-refractivity contribution in [2.24, 2.45) is 0 Å². The highest BCUT2D eigenvalue weighted by atomic mass is 35.5. The van der Waals surface area contributed by atoms with E-state index in [0.29, 0.717) is 0 Å². The Kier molecular flexibility index (Phi) is 11.5. The van der Waals surface area contributed by atoms with Gasteiger partial charge in [0.15, 0.2) is 0 Å². The fraction of sp³-hybridized carbons (Fsp3) is 1.00. The first-order valence-electron chi connectivity index (χ1n) is 7.58. The molecule has 0 heterocycles. The van der Waals surface area contributed by atoms with Gasteiger partial charge in [-0.3, -0.25) is 0 Å². The summed E-state index contributed by atoms with van der Waals surface area (Å²) in [6, 6.07) is 0. The van der Waals surface area contributed by atoms with E-state index >= 15 is 0 Å². The summed E-state index contributed by atoms with van der Waals surface area (Å²) in [4.78, 5) is 0. The zero-order valence-corrected chi connectivity index (χ0v) is 13.1. The highest BCUT2D eigenvalue weighted by Crippen LogP contribution is 2.12. The van der Waals surface area contributed by atoms with Gasteiger partial charge >= 0.3 is 0 Å². The molecular weight excluding hydrogens is 230 g/mol. The lowest BCUT2D eigenvalue weighted by Gasteiger charge is -2.35. The van der Waals surface area contributed by atoms with Gasteiger partial charge < -0.3 is 4.48 Å². The summed E-state index contributed by atoms with van der Waals surface area (Å²) < 4.78 is 1.25. The summed E-state index contributed by atoms with van der Waals surface area (Å²) in [5, 5.41) is 0. The Labute approximate surface area is 114 Å². The number of halogens is 1. The third-order valence-electron chi connectivity index (χ3n) is 3.68. The Morgan fingerprint density at radius 1 is 0.706 bits per heavy atom. The molecule has 1 unspecified atom stereocenters. The van der Waals surface area contributed by atoms with E-state index in [4.69, 9.17) is 11.6 Å². The van der Waals surface area contributed by atoms with Crippen molar-refractivity contribution in [1.29, 1.82) is 0 Å². The Balaban J connectivity index is 3.90. The fourth-order valence-corrected chi connectivity index (χ4v) is 2.56. The molecule has 0 N–H and O–H groups in total. The normalized spacial score (nSPS) is 14.8. The zero-order chi connectivity index (χ0) is 13.0. The van der Waals surface area contributed by atoms with Gasteiger partial charge in [-0.2, -0.15) is 0 Å². The van der Waals surface area contributed by atoms with E-state index in [1.54, 1.807) is 0 Å². The van der Waals surface area contributed by atoms with Crippen molar-refractivity contribution in [2.75, 3.05) is 32.6 Å². The third kappa shape index (κ3) is 9.91. The van der Waals surface area contributed by atoms with Gasteiger partial charge in [-0.1, -0.05) is 33.1 Å². The van der Waals surface area contributed by atoms with E-state index in [0.717, 1.165) is 12.3 Å². The van der Waals surface area contributed by atoms with Crippen LogP contribution in [-0.4, -0.2) is 37.0 Å². The minimum Gasteiger partial charge on any atom is -0.326 e. The van der Waals surface area contributed by atoms with Crippen molar-refractivity contribution in [3.8, 4) is 0 Å². The minimum absolute atomic E-state index is 0.816. The Morgan fingerprint density at radius 3 is 1.71 bits per heavy atom. The molecule has 0 aromatic carbocycles. The van der Waals surface area contributed by atoms with E-state index in [1.807, 2.05) is 0 Å². The average Bonchev–Trinajstić information content (AvgIpc) is 2.33. The highest BCUT2D eigenvalue weighted by molar-refractivity contribution is 6.17. The van der Waals surface area contributed by atoms with Gasteiger partial charge in [0.05, 0.1) is 26.7 Å². The second-order valence-corrected chi connectivity index (χ2v) is 5.98. The molecule has 0 bridgehead atoms. The van der Waals surface area contributed by atoms with Crippen molar-refractivity contribution in [3.05, 3.63) is 0 Å². The molecule has 0 saturated carbocycles. The zero-order valence-electron chi connectivity index (χ0n) is 12.3. The summed E-state index contributed by atoms with van der Waals surface area (Å²) in [6.07, 6.45) is 10.8. The van der Waals surface area contributed by atoms with Crippen LogP contribution in [0.25, 0.3) is 0 Å². The largest absolute Gasteiger partial charge is 0.326 e. The van der Waals surface area contributed by atoms with Crippen molar-refractivity contribution in [3.63, 3.8) is 0 Å². The summed E-state index contributed by atoms with van der Waals surface area (Å²) in [5.41, 5.74) is 0. The predicted octanol–water partition coefficient (Wildman–Crippen LogP) is 4.83. The molecule has 0 rings (SSSR count). The first-order chi connectivity index (χ1) is 8.18. The smallest absolute Gasteiger partial charge is 0.0796 e. The standard InChI is InChI=1S/C15H33ClN/c1-4-6-8-10-14-17(3,15-11-12-16)13-9-7-5-2/h4-15H2,1-3H3/q+1. The van der Waals surface area contributed by atoms with E-state index in [2.05, 4.69) is 20.9 Å². The van der Waals surface area contributed by atoms with Crippen LogP contribution in [0.2, 0.25) is 0 Å². The maximum Gasteiger partial charge on any atom is 0.0796 e. The first-order valence-corrected chi connectivity index (χ1v) is 8.11. The number of rotatable bonds is 12. The lowest BCUT2D eigenvalue weighted by atomic mass is 10.1. The lowest BCUT2D eigenvalue weighted by molar-refractivity contribution is -0.910. The van der Waals surface area contributed by atoms with E-state index in [1.165, 1.54) is 69.1 Å². The molecule has 0 spiro atoms. The second-order valence-electron chi connectivity index (χ2n) is 5.60. The molecule has 0 aromatic heterocycles. The number of unbranched alkanes of at least 4 members (excludes halogenated alkanes) is 5. The third-order valence-corrected chi connectivity index (χ3v) is 3.95. The van der Waals surface area contributed by atoms with Crippen molar-refractivity contribution >= 4 is 11.6 Å². The topological polar surface area (TPSA) is 0 Å². The molecule has 0 aliphatic rings. The summed E-state index contributed by atoms with van der Waals surface area (Å²) >= 11 is 5.84. The Hall–Kier alpha value is 0.250. The van der Waals surface area contributed by atoms with E-state index in [-0.39, 0.29) is 0 Å². The first kappa shape index (κ1) is 17.2. The molecule has 0 aromatic rings. The van der Waals surface area contributed by atoms with Gasteiger partial charge in [-0.25, -0.2) is 0 Å². The number of hydrogen-bond acceptors (Lipinski definition) is 0. The highest BCUT2D eigenvalue weighted by Gasteiger charge is 2.19. The van der Waals surface area contributed by atoms with Crippen LogP contribution in [0.1, 0.15) is 65.2 Å². The number of nitrogens with zero attached hydrogens (tertiary/aromatic N) is 1. The summed E-state index contributed by atoms with van der Waals surface area (Å²) in [7, 11) is 2.42. The Morgan fingerprint density at radius 2 is 1.18 bits per heavy atom. The summed E-state index contributed by atoms with van der Waals surface area (Å²) in [6.45, 7) is 8.52. The molecular formula is C15H33ClN+. The van der Waals surface area contributed by atoms with Gasteiger partial charge in [0.25, 0.3) is 0 Å². The van der Waals surface area contributed by atoms with Crippen molar-refractivity contribution in [1.82, 2.24) is 0 Å². The van der Waals surface area contributed by atoms with Gasteiger partial charge in [0, 0.05) is 12.3 Å². The van der Waals surface area contributed by atoms with Gasteiger partial charge in [0.2, 0.25) is 0 Å². The van der Waals surface area contributed by atoms with Crippen LogP contribution in [0.4, 0.5) is 0 Å². The number of hydrogen-bond donors (Lipinski definition) is 0. The van der Waals surface area contributed by atoms with Crippen LogP contribution in [-0.2, 0) is 0 Å². The average molecular weight is 263 g/mol. The summed E-state index contributed by atoms with van der Waals surface area (Å²) in [5.74, 6) is 0.816. The van der Waals surface area contributed by atoms with E-state index < -0.39 is 0 Å². The molecule has 0 saturated heterocycles. The molecule has 2 heteroatoms. The SMILES string of the molecule is CCCCCC[N+](C)(CCCCl)CCCCC. The lowest BCUT2D eigenvalue weighted by Crippen LogP contribution is -2.46. The molecule has 0 fully saturated rings. The van der Waals surface area contributed by atoms with Crippen LogP contribution in [0, 0.1) is 0 Å². The molecule has 104 valence electrons. The van der Waals surface area contributed by atoms with E-state index in [9.17, 15) is 0 Å². The Bertz CT molecular complexity index is 161. The van der Waals surface area contributed by atoms with Crippen LogP contribution in [0.3, 0.4) is 0 Å². The van der Waals surface area contributed by atoms with Crippen molar-refractivity contribution in [2.45, 2.75) is 65.2 Å². The van der Waals surface area contributed by atoms with Crippen LogP contribution < -0.4 is 0 Å². The molecule has 1 nitrogen and oxygen atoms in total. The quantitative estimate of drug-likeness (QED) is 0.268.